The lowest BCUT2D eigenvalue weighted by molar-refractivity contribution is -0.703. The Morgan fingerprint density at radius 3 is 2.21 bits per heavy atom. The zero-order valence-corrected chi connectivity index (χ0v) is 15.8. The Morgan fingerprint density at radius 1 is 1.00 bits per heavy atom. The van der Waals surface area contributed by atoms with E-state index in [0.29, 0.717) is 6.54 Å². The molecule has 1 rings (SSSR count). The van der Waals surface area contributed by atoms with Crippen molar-refractivity contribution in [3.05, 3.63) is 18.2 Å². The van der Waals surface area contributed by atoms with Gasteiger partial charge in [-0.05, 0) is 12.8 Å². The molecule has 0 aliphatic carbocycles. The van der Waals surface area contributed by atoms with Crippen molar-refractivity contribution in [2.24, 2.45) is 0 Å². The van der Waals surface area contributed by atoms with Crippen molar-refractivity contribution < 1.29 is 14.5 Å². The topological polar surface area (TPSA) is 46.1 Å². The molecule has 0 atom stereocenters. The Labute approximate surface area is 147 Å². The standard InChI is InChI=1S/C20H36N2O2/c1-3-5-6-7-8-9-10-11-12-13-19-21(15-4-2)17-18-22(19)16-14-20(23)24/h17-18H,3-16H2,1-2H3/p+1. The molecule has 0 aliphatic heterocycles. The summed E-state index contributed by atoms with van der Waals surface area (Å²) in [5.74, 6) is 0.570. The van der Waals surface area contributed by atoms with E-state index in [0.717, 1.165) is 19.4 Å². The van der Waals surface area contributed by atoms with Crippen LogP contribution in [0.3, 0.4) is 0 Å². The number of nitrogens with zero attached hydrogens (tertiary/aromatic N) is 2. The summed E-state index contributed by atoms with van der Waals surface area (Å²) in [6, 6.07) is 0. The van der Waals surface area contributed by atoms with Gasteiger partial charge in [-0.3, -0.25) is 4.79 Å². The third kappa shape index (κ3) is 8.51. The van der Waals surface area contributed by atoms with Crippen molar-refractivity contribution >= 4 is 5.97 Å². The number of carboxylic acid groups (broad SMARTS) is 1. The number of carboxylic acids is 1. The van der Waals surface area contributed by atoms with E-state index in [9.17, 15) is 4.79 Å². The maximum atomic E-state index is 10.8. The fourth-order valence-electron chi connectivity index (χ4n) is 3.24. The van der Waals surface area contributed by atoms with Gasteiger partial charge in [0.2, 0.25) is 0 Å². The predicted octanol–water partition coefficient (Wildman–Crippen LogP) is 4.73. The molecule has 138 valence electrons. The van der Waals surface area contributed by atoms with Crippen LogP contribution in [0.25, 0.3) is 0 Å². The maximum absolute atomic E-state index is 10.8. The van der Waals surface area contributed by atoms with Crippen molar-refractivity contribution in [2.75, 3.05) is 0 Å². The molecular weight excluding hydrogens is 300 g/mol. The molecule has 4 heteroatoms. The van der Waals surface area contributed by atoms with Gasteiger partial charge in [-0.1, -0.05) is 65.2 Å². The molecule has 0 amide bonds. The molecule has 0 saturated heterocycles. The largest absolute Gasteiger partial charge is 0.481 e. The normalized spacial score (nSPS) is 11.1. The first-order chi connectivity index (χ1) is 11.7. The van der Waals surface area contributed by atoms with Gasteiger partial charge in [0, 0.05) is 6.42 Å². The summed E-state index contributed by atoms with van der Waals surface area (Å²) in [4.78, 5) is 10.8. The van der Waals surface area contributed by atoms with Gasteiger partial charge in [-0.25, -0.2) is 9.13 Å². The average molecular weight is 338 g/mol. The summed E-state index contributed by atoms with van der Waals surface area (Å²) in [6.07, 6.45) is 18.6. The molecule has 0 aromatic carbocycles. The van der Waals surface area contributed by atoms with Crippen molar-refractivity contribution in [2.45, 2.75) is 104 Å². The van der Waals surface area contributed by atoms with Gasteiger partial charge >= 0.3 is 5.97 Å². The average Bonchev–Trinajstić information content (AvgIpc) is 2.94. The van der Waals surface area contributed by atoms with Crippen LogP contribution in [-0.2, 0) is 24.3 Å². The van der Waals surface area contributed by atoms with Crippen molar-refractivity contribution in [3.8, 4) is 0 Å². The van der Waals surface area contributed by atoms with Gasteiger partial charge in [0.05, 0.1) is 13.0 Å². The first-order valence-corrected chi connectivity index (χ1v) is 9.98. The van der Waals surface area contributed by atoms with E-state index >= 15 is 0 Å². The second kappa shape index (κ2) is 13.0. The first-order valence-electron chi connectivity index (χ1n) is 9.98. The minimum atomic E-state index is -0.722. The first kappa shape index (κ1) is 20.7. The van der Waals surface area contributed by atoms with Gasteiger partial charge in [-0.15, -0.1) is 0 Å². The molecule has 24 heavy (non-hydrogen) atoms. The molecule has 0 spiro atoms. The summed E-state index contributed by atoms with van der Waals surface area (Å²) in [5.41, 5.74) is 0. The lowest BCUT2D eigenvalue weighted by atomic mass is 10.1. The van der Waals surface area contributed by atoms with E-state index in [4.69, 9.17) is 5.11 Å². The van der Waals surface area contributed by atoms with Crippen LogP contribution in [0.4, 0.5) is 0 Å². The molecular formula is C20H37N2O2+. The van der Waals surface area contributed by atoms with Gasteiger partial charge in [-0.2, -0.15) is 0 Å². The summed E-state index contributed by atoms with van der Waals surface area (Å²) < 4.78 is 4.43. The zero-order chi connectivity index (χ0) is 17.6. The van der Waals surface area contributed by atoms with Gasteiger partial charge in [0.1, 0.15) is 18.9 Å². The zero-order valence-electron chi connectivity index (χ0n) is 15.8. The highest BCUT2D eigenvalue weighted by atomic mass is 16.4. The molecule has 1 N–H and O–H groups in total. The highest BCUT2D eigenvalue weighted by Gasteiger charge is 2.16. The Hall–Kier alpha value is -1.32. The highest BCUT2D eigenvalue weighted by molar-refractivity contribution is 5.66. The van der Waals surface area contributed by atoms with E-state index in [1.807, 2.05) is 6.20 Å². The van der Waals surface area contributed by atoms with Crippen LogP contribution >= 0.6 is 0 Å². The summed E-state index contributed by atoms with van der Waals surface area (Å²) in [7, 11) is 0. The van der Waals surface area contributed by atoms with E-state index in [2.05, 4.69) is 29.2 Å². The summed E-state index contributed by atoms with van der Waals surface area (Å²) >= 11 is 0. The van der Waals surface area contributed by atoms with E-state index in [1.165, 1.54) is 63.6 Å². The second-order valence-corrected chi connectivity index (χ2v) is 6.82. The number of aryl methyl sites for hydroxylation is 2. The summed E-state index contributed by atoms with van der Waals surface area (Å²) in [5, 5.41) is 8.91. The quantitative estimate of drug-likeness (QED) is 0.371. The third-order valence-electron chi connectivity index (χ3n) is 4.62. The van der Waals surface area contributed by atoms with Crippen molar-refractivity contribution in [1.82, 2.24) is 4.57 Å². The van der Waals surface area contributed by atoms with Crippen LogP contribution < -0.4 is 4.57 Å². The number of carbonyl (C=O) groups is 1. The SMILES string of the molecule is CCCCCCCCCCCc1n(CCC(=O)O)cc[n+]1CCC. The smallest absolute Gasteiger partial charge is 0.307 e. The van der Waals surface area contributed by atoms with Crippen LogP contribution in [0.5, 0.6) is 0 Å². The second-order valence-electron chi connectivity index (χ2n) is 6.82. The van der Waals surface area contributed by atoms with Gasteiger partial charge in [0.15, 0.2) is 0 Å². The Kier molecular flexibility index (Phi) is 11.2. The molecule has 4 nitrogen and oxygen atoms in total. The van der Waals surface area contributed by atoms with Gasteiger partial charge < -0.3 is 5.11 Å². The number of rotatable bonds is 15. The summed E-state index contributed by atoms with van der Waals surface area (Å²) in [6.45, 7) is 6.05. The van der Waals surface area contributed by atoms with Crippen molar-refractivity contribution in [1.29, 1.82) is 0 Å². The number of imidazole rings is 1. The Balaban J connectivity index is 2.31. The third-order valence-corrected chi connectivity index (χ3v) is 4.62. The minimum Gasteiger partial charge on any atom is -0.481 e. The lowest BCUT2D eigenvalue weighted by Crippen LogP contribution is -2.37. The molecule has 1 heterocycles. The van der Waals surface area contributed by atoms with Crippen LogP contribution in [0, 0.1) is 0 Å². The number of aliphatic carboxylic acids is 1. The number of hydrogen-bond acceptors (Lipinski definition) is 1. The highest BCUT2D eigenvalue weighted by Crippen LogP contribution is 2.11. The van der Waals surface area contributed by atoms with Crippen LogP contribution in [-0.4, -0.2) is 15.6 Å². The fraction of sp³-hybridized carbons (Fsp3) is 0.800. The number of hydrogen-bond donors (Lipinski definition) is 1. The molecule has 0 unspecified atom stereocenters. The molecule has 1 aromatic heterocycles. The van der Waals surface area contributed by atoms with Crippen LogP contribution in [0.2, 0.25) is 0 Å². The minimum absolute atomic E-state index is 0.200. The Morgan fingerprint density at radius 2 is 1.62 bits per heavy atom. The van der Waals surface area contributed by atoms with Crippen LogP contribution in [0.1, 0.15) is 90.3 Å². The molecule has 0 bridgehead atoms. The van der Waals surface area contributed by atoms with E-state index in [1.54, 1.807) is 0 Å². The van der Waals surface area contributed by atoms with Crippen LogP contribution in [0.15, 0.2) is 12.4 Å². The molecule has 0 aliphatic rings. The monoisotopic (exact) mass is 337 g/mol. The molecule has 0 fully saturated rings. The molecule has 0 radical (unpaired) electrons. The van der Waals surface area contributed by atoms with E-state index in [-0.39, 0.29) is 6.42 Å². The van der Waals surface area contributed by atoms with E-state index < -0.39 is 5.97 Å². The molecule has 0 saturated carbocycles. The molecule has 1 aromatic rings. The Bertz CT molecular complexity index is 454. The lowest BCUT2D eigenvalue weighted by Gasteiger charge is -2.05. The number of aromatic nitrogens is 2. The van der Waals surface area contributed by atoms with Gasteiger partial charge in [0.25, 0.3) is 5.82 Å². The predicted molar refractivity (Wildman–Crippen MR) is 98.1 cm³/mol. The maximum Gasteiger partial charge on any atom is 0.307 e. The van der Waals surface area contributed by atoms with Crippen molar-refractivity contribution in [3.63, 3.8) is 0 Å². The number of unbranched alkanes of at least 4 members (excludes halogenated alkanes) is 8. The fourth-order valence-corrected chi connectivity index (χ4v) is 3.24.